The number of rotatable bonds is 7. The first kappa shape index (κ1) is 27.4. The van der Waals surface area contributed by atoms with Gasteiger partial charge in [0.25, 0.3) is 11.7 Å². The Morgan fingerprint density at radius 2 is 1.46 bits per heavy atom. The smallest absolute Gasteiger partial charge is 0.295 e. The van der Waals surface area contributed by atoms with Crippen molar-refractivity contribution in [1.29, 1.82) is 0 Å². The third-order valence-electron chi connectivity index (χ3n) is 7.22. The van der Waals surface area contributed by atoms with Gasteiger partial charge in [0.2, 0.25) is 10.0 Å². The first-order valence-electron chi connectivity index (χ1n) is 12.8. The maximum Gasteiger partial charge on any atom is 0.295 e. The van der Waals surface area contributed by atoms with Gasteiger partial charge in [-0.25, -0.2) is 12.8 Å². The molecule has 1 amide bonds. The lowest BCUT2D eigenvalue weighted by Gasteiger charge is -2.31. The molecule has 3 aliphatic rings. The van der Waals surface area contributed by atoms with E-state index in [1.54, 1.807) is 0 Å². The van der Waals surface area contributed by atoms with Gasteiger partial charge in [-0.3, -0.25) is 14.5 Å². The fourth-order valence-corrected chi connectivity index (χ4v) is 6.46. The zero-order valence-corrected chi connectivity index (χ0v) is 22.1. The molecule has 12 heteroatoms. The third-order valence-corrected chi connectivity index (χ3v) is 9.13. The highest BCUT2D eigenvalue weighted by atomic mass is 32.2. The number of carbonyl (C=O) groups excluding carboxylic acids is 2. The molecular formula is C27H30FN3O7S. The molecule has 0 unspecified atom stereocenters. The van der Waals surface area contributed by atoms with E-state index in [1.165, 1.54) is 57.7 Å². The molecule has 10 nitrogen and oxygen atoms in total. The second kappa shape index (κ2) is 11.5. The summed E-state index contributed by atoms with van der Waals surface area (Å²) in [5, 5.41) is 11.3. The highest BCUT2D eigenvalue weighted by molar-refractivity contribution is 7.89. The minimum Gasteiger partial charge on any atom is -0.507 e. The predicted octanol–water partition coefficient (Wildman–Crippen LogP) is 1.60. The lowest BCUT2D eigenvalue weighted by atomic mass is 9.95. The van der Waals surface area contributed by atoms with E-state index in [2.05, 4.69) is 4.90 Å². The summed E-state index contributed by atoms with van der Waals surface area (Å²) in [5.41, 5.74) is 0.539. The van der Waals surface area contributed by atoms with Crippen LogP contribution in [0, 0.1) is 5.82 Å². The number of hydrogen-bond donors (Lipinski definition) is 1. The summed E-state index contributed by atoms with van der Waals surface area (Å²) in [6.07, 6.45) is 0. The Hall–Kier alpha value is -3.16. The van der Waals surface area contributed by atoms with E-state index >= 15 is 0 Å². The van der Waals surface area contributed by atoms with E-state index in [-0.39, 0.29) is 35.7 Å². The summed E-state index contributed by atoms with van der Waals surface area (Å²) < 4.78 is 51.6. The zero-order valence-electron chi connectivity index (χ0n) is 21.3. The van der Waals surface area contributed by atoms with E-state index in [0.29, 0.717) is 51.6 Å². The Balaban J connectivity index is 1.47. The molecular weight excluding hydrogens is 529 g/mol. The van der Waals surface area contributed by atoms with Crippen LogP contribution in [-0.4, -0.2) is 105 Å². The predicted molar refractivity (Wildman–Crippen MR) is 139 cm³/mol. The van der Waals surface area contributed by atoms with E-state index in [1.807, 2.05) is 0 Å². The number of aliphatic hydroxyl groups is 1. The molecule has 1 atom stereocenters. The number of sulfonamides is 1. The second-order valence-corrected chi connectivity index (χ2v) is 11.5. The van der Waals surface area contributed by atoms with Crippen molar-refractivity contribution in [3.05, 3.63) is 71.0 Å². The lowest BCUT2D eigenvalue weighted by Crippen LogP contribution is -2.42. The van der Waals surface area contributed by atoms with Gasteiger partial charge in [-0.05, 0) is 42.0 Å². The molecule has 3 fully saturated rings. The topological polar surface area (TPSA) is 117 Å². The molecule has 0 saturated carbocycles. The molecule has 2 aromatic rings. The molecule has 5 rings (SSSR count). The highest BCUT2D eigenvalue weighted by Crippen LogP contribution is 2.39. The van der Waals surface area contributed by atoms with Crippen LogP contribution < -0.4 is 0 Å². The number of amides is 1. The maximum atomic E-state index is 13.7. The number of benzene rings is 2. The van der Waals surface area contributed by atoms with Gasteiger partial charge in [0.15, 0.2) is 0 Å². The Kier molecular flexibility index (Phi) is 8.10. The summed E-state index contributed by atoms with van der Waals surface area (Å²) in [5.74, 6) is -2.51. The lowest BCUT2D eigenvalue weighted by molar-refractivity contribution is -0.140. The highest BCUT2D eigenvalue weighted by Gasteiger charge is 2.46. The van der Waals surface area contributed by atoms with Crippen LogP contribution in [-0.2, 0) is 29.1 Å². The van der Waals surface area contributed by atoms with E-state index < -0.39 is 39.3 Å². The number of morpholine rings is 2. The number of hydrogen-bond acceptors (Lipinski definition) is 8. The number of ketones is 1. The number of likely N-dealkylation sites (tertiary alicyclic amines) is 1. The fourth-order valence-electron chi connectivity index (χ4n) is 5.05. The van der Waals surface area contributed by atoms with E-state index in [4.69, 9.17) is 9.47 Å². The molecule has 3 heterocycles. The third kappa shape index (κ3) is 5.61. The quantitative estimate of drug-likeness (QED) is 0.309. The van der Waals surface area contributed by atoms with Crippen molar-refractivity contribution in [2.24, 2.45) is 0 Å². The van der Waals surface area contributed by atoms with Gasteiger partial charge < -0.3 is 19.5 Å². The molecule has 1 N–H and O–H groups in total. The van der Waals surface area contributed by atoms with Gasteiger partial charge in [-0.15, -0.1) is 0 Å². The standard InChI is InChI=1S/C27H30FN3O7S/c28-21-5-1-19(2-6-21)24-23(26(33)27(34)31(24)10-9-29-11-15-37-16-12-29)25(32)20-3-7-22(8-4-20)39(35,36)30-13-17-38-18-14-30/h1-8,24,32H,9-18H2/t24-/m0/s1. The van der Waals surface area contributed by atoms with Crippen molar-refractivity contribution in [2.45, 2.75) is 10.9 Å². The average molecular weight is 560 g/mol. The molecule has 0 bridgehead atoms. The van der Waals surface area contributed by atoms with Crippen LogP contribution >= 0.6 is 0 Å². The summed E-state index contributed by atoms with van der Waals surface area (Å²) in [6, 6.07) is 10.1. The Morgan fingerprint density at radius 3 is 2.08 bits per heavy atom. The van der Waals surface area contributed by atoms with Gasteiger partial charge in [0, 0.05) is 44.8 Å². The molecule has 39 heavy (non-hydrogen) atoms. The monoisotopic (exact) mass is 559 g/mol. The number of carbonyl (C=O) groups is 2. The number of aliphatic hydroxyl groups excluding tert-OH is 1. The molecule has 0 aliphatic carbocycles. The minimum absolute atomic E-state index is 0.0435. The van der Waals surface area contributed by atoms with Gasteiger partial charge >= 0.3 is 0 Å². The second-order valence-electron chi connectivity index (χ2n) is 9.54. The van der Waals surface area contributed by atoms with Crippen molar-refractivity contribution < 1.29 is 37.0 Å². The SMILES string of the molecule is O=C1C(=O)N(CCN2CCOCC2)[C@@H](c2ccc(F)cc2)C1=C(O)c1ccc(S(=O)(=O)N2CCOCC2)cc1. The molecule has 208 valence electrons. The van der Waals surface area contributed by atoms with Gasteiger partial charge in [0.1, 0.15) is 11.6 Å². The average Bonchev–Trinajstić information content (AvgIpc) is 3.22. The number of ether oxygens (including phenoxy) is 2. The van der Waals surface area contributed by atoms with Crippen LogP contribution in [0.15, 0.2) is 59.0 Å². The Bertz CT molecular complexity index is 1350. The number of halogens is 1. The molecule has 3 saturated heterocycles. The van der Waals surface area contributed by atoms with Crippen LogP contribution in [0.2, 0.25) is 0 Å². The number of nitrogens with zero attached hydrogens (tertiary/aromatic N) is 3. The normalized spacial score (nSPS) is 22.9. The van der Waals surface area contributed by atoms with Crippen LogP contribution in [0.3, 0.4) is 0 Å². The molecule has 2 aromatic carbocycles. The van der Waals surface area contributed by atoms with Gasteiger partial charge in [0.05, 0.1) is 42.9 Å². The van der Waals surface area contributed by atoms with Crippen molar-refractivity contribution >= 4 is 27.5 Å². The van der Waals surface area contributed by atoms with Crippen LogP contribution in [0.1, 0.15) is 17.2 Å². The van der Waals surface area contributed by atoms with Crippen LogP contribution in [0.5, 0.6) is 0 Å². The van der Waals surface area contributed by atoms with E-state index in [9.17, 15) is 27.5 Å². The Labute approximate surface area is 226 Å². The maximum absolute atomic E-state index is 13.7. The minimum atomic E-state index is -3.75. The fraction of sp³-hybridized carbons (Fsp3) is 0.407. The zero-order chi connectivity index (χ0) is 27.6. The summed E-state index contributed by atoms with van der Waals surface area (Å²) in [6.45, 7) is 4.40. The molecule has 3 aliphatic heterocycles. The molecule has 0 radical (unpaired) electrons. The first-order chi connectivity index (χ1) is 18.8. The van der Waals surface area contributed by atoms with E-state index in [0.717, 1.165) is 0 Å². The van der Waals surface area contributed by atoms with Crippen molar-refractivity contribution in [2.75, 3.05) is 65.7 Å². The molecule has 0 aromatic heterocycles. The Morgan fingerprint density at radius 1 is 0.872 bits per heavy atom. The van der Waals surface area contributed by atoms with Crippen molar-refractivity contribution in [3.8, 4) is 0 Å². The van der Waals surface area contributed by atoms with Gasteiger partial charge in [-0.2, -0.15) is 4.31 Å². The largest absolute Gasteiger partial charge is 0.507 e. The van der Waals surface area contributed by atoms with Crippen LogP contribution in [0.4, 0.5) is 4.39 Å². The van der Waals surface area contributed by atoms with Crippen LogP contribution in [0.25, 0.3) is 5.76 Å². The summed E-state index contributed by atoms with van der Waals surface area (Å²) >= 11 is 0. The molecule has 0 spiro atoms. The van der Waals surface area contributed by atoms with Crippen molar-refractivity contribution in [1.82, 2.24) is 14.1 Å². The summed E-state index contributed by atoms with van der Waals surface area (Å²) in [7, 11) is -3.75. The summed E-state index contributed by atoms with van der Waals surface area (Å²) in [4.78, 5) is 30.0. The first-order valence-corrected chi connectivity index (χ1v) is 14.2. The van der Waals surface area contributed by atoms with Gasteiger partial charge in [-0.1, -0.05) is 12.1 Å². The van der Waals surface area contributed by atoms with Crippen molar-refractivity contribution in [3.63, 3.8) is 0 Å². The number of Topliss-reactive ketones (excluding diaryl/α,β-unsaturated/α-hetero) is 1.